The number of hydrogen-bond donors (Lipinski definition) is 1. The first kappa shape index (κ1) is 20.1. The van der Waals surface area contributed by atoms with Gasteiger partial charge >= 0.3 is 0 Å². The molecule has 1 N–H and O–H groups in total. The van der Waals surface area contributed by atoms with Crippen LogP contribution in [0.5, 0.6) is 5.75 Å². The third kappa shape index (κ3) is 6.20. The van der Waals surface area contributed by atoms with Gasteiger partial charge in [-0.15, -0.1) is 24.0 Å². The van der Waals surface area contributed by atoms with E-state index in [2.05, 4.69) is 41.2 Å². The van der Waals surface area contributed by atoms with E-state index in [1.54, 1.807) is 7.11 Å². The maximum Gasteiger partial charge on any atom is 0.193 e. The average molecular weight is 431 g/mol. The first-order valence-electron chi connectivity index (χ1n) is 8.21. The Morgan fingerprint density at radius 2 is 2.00 bits per heavy atom. The van der Waals surface area contributed by atoms with Gasteiger partial charge in [0.1, 0.15) is 5.75 Å². The molecule has 5 heteroatoms. The summed E-state index contributed by atoms with van der Waals surface area (Å²) in [6.45, 7) is 7.74. The molecule has 1 aliphatic rings. The Morgan fingerprint density at radius 3 is 2.61 bits per heavy atom. The number of halogens is 1. The van der Waals surface area contributed by atoms with E-state index in [9.17, 15) is 0 Å². The van der Waals surface area contributed by atoms with Crippen LogP contribution >= 0.6 is 24.0 Å². The van der Waals surface area contributed by atoms with E-state index in [1.807, 2.05) is 19.2 Å². The first-order valence-corrected chi connectivity index (χ1v) is 8.21. The van der Waals surface area contributed by atoms with Crippen LogP contribution in [0.15, 0.2) is 29.3 Å². The zero-order valence-electron chi connectivity index (χ0n) is 14.7. The van der Waals surface area contributed by atoms with Gasteiger partial charge < -0.3 is 15.0 Å². The molecule has 1 fully saturated rings. The van der Waals surface area contributed by atoms with Gasteiger partial charge in [0, 0.05) is 26.7 Å². The van der Waals surface area contributed by atoms with Crippen molar-refractivity contribution in [3.05, 3.63) is 29.8 Å². The molecule has 2 unspecified atom stereocenters. The van der Waals surface area contributed by atoms with E-state index in [0.717, 1.165) is 49.6 Å². The number of likely N-dealkylation sites (tertiary alicyclic amines) is 1. The standard InChI is InChI=1S/C18H29N3O.HI/c1-14-10-15(2)13-21(12-14)18(19-3)20-9-8-16-6-5-7-17(11-16)22-4;/h5-7,11,14-15H,8-10,12-13H2,1-4H3,(H,19,20);1H. The Morgan fingerprint density at radius 1 is 1.30 bits per heavy atom. The molecule has 2 atom stereocenters. The summed E-state index contributed by atoms with van der Waals surface area (Å²) in [5, 5.41) is 3.50. The lowest BCUT2D eigenvalue weighted by Crippen LogP contribution is -2.48. The van der Waals surface area contributed by atoms with Crippen molar-refractivity contribution in [1.29, 1.82) is 0 Å². The zero-order chi connectivity index (χ0) is 15.9. The largest absolute Gasteiger partial charge is 0.497 e. The summed E-state index contributed by atoms with van der Waals surface area (Å²) >= 11 is 0. The molecule has 4 nitrogen and oxygen atoms in total. The summed E-state index contributed by atoms with van der Waals surface area (Å²) in [7, 11) is 3.58. The van der Waals surface area contributed by atoms with Crippen LogP contribution in [0.4, 0.5) is 0 Å². The van der Waals surface area contributed by atoms with Crippen molar-refractivity contribution < 1.29 is 4.74 Å². The molecule has 2 rings (SSSR count). The molecule has 1 aromatic rings. The molecule has 0 radical (unpaired) electrons. The number of ether oxygens (including phenoxy) is 1. The van der Waals surface area contributed by atoms with E-state index in [-0.39, 0.29) is 24.0 Å². The fraction of sp³-hybridized carbons (Fsp3) is 0.611. The molecule has 23 heavy (non-hydrogen) atoms. The number of guanidine groups is 1. The van der Waals surface area contributed by atoms with Crippen LogP contribution in [0.3, 0.4) is 0 Å². The molecule has 130 valence electrons. The summed E-state index contributed by atoms with van der Waals surface area (Å²) < 4.78 is 5.27. The second-order valence-electron chi connectivity index (χ2n) is 6.43. The van der Waals surface area contributed by atoms with Crippen LogP contribution in [0.25, 0.3) is 0 Å². The van der Waals surface area contributed by atoms with Gasteiger partial charge in [-0.25, -0.2) is 0 Å². The number of nitrogens with zero attached hydrogens (tertiary/aromatic N) is 2. The summed E-state index contributed by atoms with van der Waals surface area (Å²) in [6, 6.07) is 8.25. The number of aliphatic imine (C=N–C) groups is 1. The maximum absolute atomic E-state index is 5.27. The van der Waals surface area contributed by atoms with Gasteiger partial charge in [-0.1, -0.05) is 26.0 Å². The predicted molar refractivity (Wildman–Crippen MR) is 108 cm³/mol. The molecule has 1 aromatic carbocycles. The van der Waals surface area contributed by atoms with Crippen molar-refractivity contribution in [1.82, 2.24) is 10.2 Å². The molecule has 0 amide bonds. The lowest BCUT2D eigenvalue weighted by atomic mass is 9.92. The van der Waals surface area contributed by atoms with E-state index in [4.69, 9.17) is 4.74 Å². The second-order valence-corrected chi connectivity index (χ2v) is 6.43. The van der Waals surface area contributed by atoms with Gasteiger partial charge in [-0.3, -0.25) is 4.99 Å². The van der Waals surface area contributed by atoms with Crippen LogP contribution in [-0.4, -0.2) is 44.7 Å². The molecule has 0 saturated carbocycles. The molecule has 0 spiro atoms. The second kappa shape index (κ2) is 10.0. The van der Waals surface area contributed by atoms with Gasteiger partial charge in [0.2, 0.25) is 0 Å². The normalized spacial score (nSPS) is 21.6. The topological polar surface area (TPSA) is 36.9 Å². The smallest absolute Gasteiger partial charge is 0.193 e. The molecule has 0 bridgehead atoms. The minimum absolute atomic E-state index is 0. The van der Waals surface area contributed by atoms with E-state index in [0.29, 0.717) is 0 Å². The Kier molecular flexibility index (Phi) is 8.73. The highest BCUT2D eigenvalue weighted by Crippen LogP contribution is 2.20. The van der Waals surface area contributed by atoms with Gasteiger partial charge in [-0.05, 0) is 42.4 Å². The zero-order valence-corrected chi connectivity index (χ0v) is 17.0. The average Bonchev–Trinajstić information content (AvgIpc) is 2.51. The Balaban J connectivity index is 0.00000264. The van der Waals surface area contributed by atoms with Crippen molar-refractivity contribution in [2.75, 3.05) is 33.8 Å². The molecular formula is C18H30IN3O. The van der Waals surface area contributed by atoms with Crippen LogP contribution < -0.4 is 10.1 Å². The van der Waals surface area contributed by atoms with Crippen molar-refractivity contribution in [3.63, 3.8) is 0 Å². The molecular weight excluding hydrogens is 401 g/mol. The Hall–Kier alpha value is -0.980. The maximum atomic E-state index is 5.27. The summed E-state index contributed by atoms with van der Waals surface area (Å²) in [4.78, 5) is 6.85. The molecule has 1 heterocycles. The van der Waals surface area contributed by atoms with Crippen molar-refractivity contribution in [2.45, 2.75) is 26.7 Å². The highest BCUT2D eigenvalue weighted by Gasteiger charge is 2.23. The number of nitrogens with one attached hydrogen (secondary N) is 1. The molecule has 1 saturated heterocycles. The lowest BCUT2D eigenvalue weighted by Gasteiger charge is -2.37. The minimum Gasteiger partial charge on any atom is -0.497 e. The number of benzene rings is 1. The first-order chi connectivity index (χ1) is 10.6. The van der Waals surface area contributed by atoms with Crippen LogP contribution in [0.2, 0.25) is 0 Å². The lowest BCUT2D eigenvalue weighted by molar-refractivity contribution is 0.208. The molecule has 1 aliphatic heterocycles. The summed E-state index contributed by atoms with van der Waals surface area (Å²) in [6.07, 6.45) is 2.28. The van der Waals surface area contributed by atoms with Gasteiger partial charge in [0.15, 0.2) is 5.96 Å². The van der Waals surface area contributed by atoms with E-state index >= 15 is 0 Å². The monoisotopic (exact) mass is 431 g/mol. The third-order valence-electron chi connectivity index (χ3n) is 4.21. The van der Waals surface area contributed by atoms with Gasteiger partial charge in [-0.2, -0.15) is 0 Å². The summed E-state index contributed by atoms with van der Waals surface area (Å²) in [5.41, 5.74) is 1.28. The Bertz CT molecular complexity index is 497. The molecule has 0 aliphatic carbocycles. The number of piperidine rings is 1. The number of rotatable bonds is 4. The summed E-state index contributed by atoms with van der Waals surface area (Å²) in [5.74, 6) is 3.42. The van der Waals surface area contributed by atoms with E-state index in [1.165, 1.54) is 12.0 Å². The minimum atomic E-state index is 0. The van der Waals surface area contributed by atoms with E-state index < -0.39 is 0 Å². The number of hydrogen-bond acceptors (Lipinski definition) is 2. The fourth-order valence-electron chi connectivity index (χ4n) is 3.31. The van der Waals surface area contributed by atoms with Crippen LogP contribution in [-0.2, 0) is 6.42 Å². The quantitative estimate of drug-likeness (QED) is 0.451. The van der Waals surface area contributed by atoms with Crippen molar-refractivity contribution in [3.8, 4) is 5.75 Å². The highest BCUT2D eigenvalue weighted by molar-refractivity contribution is 14.0. The number of methoxy groups -OCH3 is 1. The predicted octanol–water partition coefficient (Wildman–Crippen LogP) is 3.41. The van der Waals surface area contributed by atoms with Crippen molar-refractivity contribution in [2.24, 2.45) is 16.8 Å². The van der Waals surface area contributed by atoms with Gasteiger partial charge in [0.05, 0.1) is 7.11 Å². The van der Waals surface area contributed by atoms with Gasteiger partial charge in [0.25, 0.3) is 0 Å². The van der Waals surface area contributed by atoms with Crippen LogP contribution in [0, 0.1) is 11.8 Å². The third-order valence-corrected chi connectivity index (χ3v) is 4.21. The fourth-order valence-corrected chi connectivity index (χ4v) is 3.31. The molecule has 0 aromatic heterocycles. The SMILES string of the molecule is CN=C(NCCc1cccc(OC)c1)N1CC(C)CC(C)C1.I. The Labute approximate surface area is 157 Å². The van der Waals surface area contributed by atoms with Crippen molar-refractivity contribution >= 4 is 29.9 Å². The highest BCUT2D eigenvalue weighted by atomic mass is 127. The van der Waals surface area contributed by atoms with Crippen LogP contribution in [0.1, 0.15) is 25.8 Å².